The number of methoxy groups -OCH3 is 1. The van der Waals surface area contributed by atoms with Crippen LogP contribution in [0, 0.1) is 0 Å². The van der Waals surface area contributed by atoms with Crippen molar-refractivity contribution in [3.8, 4) is 5.75 Å². The summed E-state index contributed by atoms with van der Waals surface area (Å²) in [5.74, 6) is 1.09. The summed E-state index contributed by atoms with van der Waals surface area (Å²) in [5.41, 5.74) is 1.14. The first kappa shape index (κ1) is 17.0. The number of para-hydroxylation sites is 2. The lowest BCUT2D eigenvalue weighted by Crippen LogP contribution is -2.45. The molecule has 0 radical (unpaired) electrons. The fraction of sp³-hybridized carbons (Fsp3) is 0.588. The molecule has 0 bridgehead atoms. The van der Waals surface area contributed by atoms with Gasteiger partial charge >= 0.3 is 0 Å². The molecule has 0 saturated carbocycles. The van der Waals surface area contributed by atoms with Crippen molar-refractivity contribution in [2.24, 2.45) is 0 Å². The predicted molar refractivity (Wildman–Crippen MR) is 94.0 cm³/mol. The van der Waals surface area contributed by atoms with Gasteiger partial charge in [-0.25, -0.2) is 0 Å². The number of benzene rings is 1. The first-order chi connectivity index (χ1) is 10.6. The van der Waals surface area contributed by atoms with Crippen molar-refractivity contribution in [2.45, 2.75) is 37.5 Å². The topological polar surface area (TPSA) is 41.6 Å². The summed E-state index contributed by atoms with van der Waals surface area (Å²) in [6.07, 6.45) is 4.62. The van der Waals surface area contributed by atoms with E-state index < -0.39 is 0 Å². The maximum Gasteiger partial charge on any atom is 0.221 e. The number of amides is 1. The summed E-state index contributed by atoms with van der Waals surface area (Å²) in [6, 6.07) is 8.41. The smallest absolute Gasteiger partial charge is 0.221 e. The van der Waals surface area contributed by atoms with Crippen molar-refractivity contribution in [3.63, 3.8) is 0 Å². The fourth-order valence-corrected chi connectivity index (χ4v) is 3.10. The minimum atomic E-state index is 0.178. The van der Waals surface area contributed by atoms with Gasteiger partial charge in [-0.05, 0) is 31.2 Å². The average Bonchev–Trinajstić information content (AvgIpc) is 2.55. The van der Waals surface area contributed by atoms with Crippen LogP contribution in [0.1, 0.15) is 26.2 Å². The van der Waals surface area contributed by atoms with Crippen molar-refractivity contribution in [3.05, 3.63) is 24.3 Å². The van der Waals surface area contributed by atoms with Gasteiger partial charge in [0, 0.05) is 30.8 Å². The van der Waals surface area contributed by atoms with Crippen LogP contribution in [0.3, 0.4) is 0 Å². The van der Waals surface area contributed by atoms with E-state index in [1.54, 1.807) is 18.9 Å². The number of nitrogens with one attached hydrogen (secondary N) is 1. The molecule has 1 N–H and O–H groups in total. The number of rotatable bonds is 6. The summed E-state index contributed by atoms with van der Waals surface area (Å²) >= 11 is 1.73. The molecule has 1 aromatic rings. The molecule has 2 rings (SSSR count). The maximum absolute atomic E-state index is 12.0. The monoisotopic (exact) mass is 322 g/mol. The summed E-state index contributed by atoms with van der Waals surface area (Å²) in [7, 11) is 1.71. The van der Waals surface area contributed by atoms with Crippen LogP contribution in [0.25, 0.3) is 0 Å². The Labute approximate surface area is 137 Å². The highest BCUT2D eigenvalue weighted by Crippen LogP contribution is 2.29. The highest BCUT2D eigenvalue weighted by molar-refractivity contribution is 7.99. The molecule has 5 heteroatoms. The molecule has 1 aliphatic heterocycles. The molecule has 1 saturated heterocycles. The SMILES string of the molecule is COc1ccccc1N1CCC(NC(=O)C[C@@H](C)SC)CC1. The predicted octanol–water partition coefficient (Wildman–Crippen LogP) is 2.92. The third-order valence-electron chi connectivity index (χ3n) is 4.16. The van der Waals surface area contributed by atoms with E-state index in [4.69, 9.17) is 4.74 Å². The number of piperidine rings is 1. The van der Waals surface area contributed by atoms with Crippen LogP contribution in [-0.2, 0) is 4.79 Å². The first-order valence-corrected chi connectivity index (χ1v) is 9.13. The number of anilines is 1. The number of ether oxygens (including phenoxy) is 1. The molecule has 4 nitrogen and oxygen atoms in total. The molecule has 1 aliphatic rings. The van der Waals surface area contributed by atoms with Gasteiger partial charge in [-0.1, -0.05) is 19.1 Å². The first-order valence-electron chi connectivity index (χ1n) is 7.84. The van der Waals surface area contributed by atoms with E-state index in [2.05, 4.69) is 23.2 Å². The number of carbonyl (C=O) groups is 1. The average molecular weight is 322 g/mol. The maximum atomic E-state index is 12.0. The molecule has 122 valence electrons. The molecule has 22 heavy (non-hydrogen) atoms. The van der Waals surface area contributed by atoms with E-state index >= 15 is 0 Å². The van der Waals surface area contributed by atoms with E-state index in [0.29, 0.717) is 17.7 Å². The van der Waals surface area contributed by atoms with Crippen LogP contribution in [0.5, 0.6) is 5.75 Å². The molecule has 0 aromatic heterocycles. The van der Waals surface area contributed by atoms with Crippen LogP contribution in [0.15, 0.2) is 24.3 Å². The summed E-state index contributed by atoms with van der Waals surface area (Å²) in [5, 5.41) is 3.56. The Morgan fingerprint density at radius 2 is 2.09 bits per heavy atom. The van der Waals surface area contributed by atoms with E-state index in [1.807, 2.05) is 24.5 Å². The number of carbonyl (C=O) groups excluding carboxylic acids is 1. The van der Waals surface area contributed by atoms with Gasteiger partial charge in [0.1, 0.15) is 5.75 Å². The number of hydrogen-bond acceptors (Lipinski definition) is 4. The lowest BCUT2D eigenvalue weighted by atomic mass is 10.0. The van der Waals surface area contributed by atoms with Crippen LogP contribution < -0.4 is 15.0 Å². The molecule has 0 spiro atoms. The van der Waals surface area contributed by atoms with Crippen molar-refractivity contribution < 1.29 is 9.53 Å². The number of thioether (sulfide) groups is 1. The minimum absolute atomic E-state index is 0.178. The highest BCUT2D eigenvalue weighted by atomic mass is 32.2. The van der Waals surface area contributed by atoms with Gasteiger partial charge in [0.05, 0.1) is 12.8 Å². The number of nitrogens with zero attached hydrogens (tertiary/aromatic N) is 1. The number of hydrogen-bond donors (Lipinski definition) is 1. The normalized spacial score (nSPS) is 17.1. The standard InChI is InChI=1S/C17H26N2O2S/c1-13(22-3)12-17(20)18-14-8-10-19(11-9-14)15-6-4-5-7-16(15)21-2/h4-7,13-14H,8-12H2,1-3H3,(H,18,20)/t13-/m1/s1. The molecule has 1 heterocycles. The van der Waals surface area contributed by atoms with Gasteiger partial charge in [-0.15, -0.1) is 0 Å². The molecule has 1 amide bonds. The third-order valence-corrected chi connectivity index (χ3v) is 5.13. The van der Waals surface area contributed by atoms with Crippen LogP contribution >= 0.6 is 11.8 Å². The Morgan fingerprint density at radius 3 is 2.73 bits per heavy atom. The Bertz CT molecular complexity index is 487. The van der Waals surface area contributed by atoms with E-state index in [-0.39, 0.29) is 5.91 Å². The van der Waals surface area contributed by atoms with Gasteiger partial charge in [0.15, 0.2) is 0 Å². The van der Waals surface area contributed by atoms with Gasteiger partial charge in [-0.2, -0.15) is 11.8 Å². The Kier molecular flexibility index (Phi) is 6.43. The van der Waals surface area contributed by atoms with Crippen LogP contribution in [0.4, 0.5) is 5.69 Å². The zero-order valence-corrected chi connectivity index (χ0v) is 14.5. The molecule has 0 aliphatic carbocycles. The lowest BCUT2D eigenvalue weighted by Gasteiger charge is -2.34. The lowest BCUT2D eigenvalue weighted by molar-refractivity contribution is -0.121. The summed E-state index contributed by atoms with van der Waals surface area (Å²) < 4.78 is 5.43. The van der Waals surface area contributed by atoms with E-state index in [0.717, 1.165) is 37.4 Å². The zero-order chi connectivity index (χ0) is 15.9. The van der Waals surface area contributed by atoms with E-state index in [9.17, 15) is 4.79 Å². The molecule has 0 unspecified atom stereocenters. The van der Waals surface area contributed by atoms with Crippen molar-refractivity contribution in [2.75, 3.05) is 31.4 Å². The van der Waals surface area contributed by atoms with Gasteiger partial charge in [0.25, 0.3) is 0 Å². The highest BCUT2D eigenvalue weighted by Gasteiger charge is 2.22. The second-order valence-corrected chi connectivity index (χ2v) is 7.03. The Hall–Kier alpha value is -1.36. The molecular weight excluding hydrogens is 296 g/mol. The van der Waals surface area contributed by atoms with Crippen molar-refractivity contribution in [1.29, 1.82) is 0 Å². The summed E-state index contributed by atoms with van der Waals surface area (Å²) in [6.45, 7) is 3.99. The molecular formula is C17H26N2O2S. The summed E-state index contributed by atoms with van der Waals surface area (Å²) in [4.78, 5) is 14.3. The Morgan fingerprint density at radius 1 is 1.41 bits per heavy atom. The quantitative estimate of drug-likeness (QED) is 0.874. The minimum Gasteiger partial charge on any atom is -0.495 e. The zero-order valence-electron chi connectivity index (χ0n) is 13.7. The van der Waals surface area contributed by atoms with Crippen LogP contribution in [-0.4, -0.2) is 43.7 Å². The van der Waals surface area contributed by atoms with Crippen molar-refractivity contribution in [1.82, 2.24) is 5.32 Å². The largest absolute Gasteiger partial charge is 0.495 e. The molecule has 1 aromatic carbocycles. The van der Waals surface area contributed by atoms with Crippen LogP contribution in [0.2, 0.25) is 0 Å². The molecule has 1 fully saturated rings. The van der Waals surface area contributed by atoms with Gasteiger partial charge < -0.3 is 15.0 Å². The second-order valence-electron chi connectivity index (χ2n) is 5.75. The van der Waals surface area contributed by atoms with E-state index in [1.165, 1.54) is 0 Å². The third kappa shape index (κ3) is 4.57. The van der Waals surface area contributed by atoms with Crippen molar-refractivity contribution >= 4 is 23.4 Å². The van der Waals surface area contributed by atoms with Gasteiger partial charge in [0.2, 0.25) is 5.91 Å². The van der Waals surface area contributed by atoms with Gasteiger partial charge in [-0.3, -0.25) is 4.79 Å². The second kappa shape index (κ2) is 8.32. The Balaban J connectivity index is 1.84. The fourth-order valence-electron chi connectivity index (χ4n) is 2.79. The molecule has 1 atom stereocenters.